The van der Waals surface area contributed by atoms with Crippen LogP contribution in [0.1, 0.15) is 29.1 Å². The lowest BCUT2D eigenvalue weighted by atomic mass is 10.2. The number of H-pyrrole nitrogens is 1. The zero-order valence-electron chi connectivity index (χ0n) is 12.2. The average Bonchev–Trinajstić information content (AvgIpc) is 3.05. The molecule has 0 aromatic carbocycles. The number of carbonyl (C=O) groups is 1. The first-order valence-corrected chi connectivity index (χ1v) is 6.84. The molecule has 0 bridgehead atoms. The summed E-state index contributed by atoms with van der Waals surface area (Å²) in [5, 5.41) is 16.0. The summed E-state index contributed by atoms with van der Waals surface area (Å²) in [6.45, 7) is 1.74. The molecular weight excluding hydrogens is 298 g/mol. The van der Waals surface area contributed by atoms with E-state index in [1.807, 2.05) is 0 Å². The molecule has 23 heavy (non-hydrogen) atoms. The second-order valence-electron chi connectivity index (χ2n) is 4.92. The van der Waals surface area contributed by atoms with Crippen molar-refractivity contribution in [2.24, 2.45) is 0 Å². The van der Waals surface area contributed by atoms with Gasteiger partial charge in [0.1, 0.15) is 5.82 Å². The summed E-state index contributed by atoms with van der Waals surface area (Å²) in [7, 11) is 0. The Labute approximate surface area is 130 Å². The Balaban J connectivity index is 1.97. The number of pyridine rings is 2. The van der Waals surface area contributed by atoms with Crippen molar-refractivity contribution in [1.82, 2.24) is 24.7 Å². The Kier molecular flexibility index (Phi) is 3.71. The van der Waals surface area contributed by atoms with Crippen molar-refractivity contribution >= 4 is 5.97 Å². The fourth-order valence-electron chi connectivity index (χ4n) is 2.16. The van der Waals surface area contributed by atoms with Gasteiger partial charge in [-0.2, -0.15) is 5.10 Å². The summed E-state index contributed by atoms with van der Waals surface area (Å²) in [5.74, 6) is -0.154. The van der Waals surface area contributed by atoms with Gasteiger partial charge in [-0.25, -0.2) is 9.78 Å². The molecule has 116 valence electrons. The number of aromatic nitrogens is 5. The van der Waals surface area contributed by atoms with Crippen molar-refractivity contribution in [3.05, 3.63) is 64.6 Å². The molecule has 0 amide bonds. The molecule has 3 aromatic heterocycles. The molecular formula is C15H13N5O3. The van der Waals surface area contributed by atoms with Crippen LogP contribution in [-0.4, -0.2) is 35.8 Å². The monoisotopic (exact) mass is 311 g/mol. The summed E-state index contributed by atoms with van der Waals surface area (Å²) in [4.78, 5) is 31.3. The number of hydrogen-bond acceptors (Lipinski definition) is 5. The van der Waals surface area contributed by atoms with Gasteiger partial charge in [0.05, 0.1) is 11.6 Å². The van der Waals surface area contributed by atoms with Crippen molar-refractivity contribution in [1.29, 1.82) is 0 Å². The Morgan fingerprint density at radius 1 is 1.26 bits per heavy atom. The molecule has 0 spiro atoms. The molecule has 0 aliphatic heterocycles. The second kappa shape index (κ2) is 5.84. The maximum absolute atomic E-state index is 12.0. The molecule has 0 saturated carbocycles. The highest BCUT2D eigenvalue weighted by Crippen LogP contribution is 2.17. The van der Waals surface area contributed by atoms with Crippen LogP contribution in [0.4, 0.5) is 0 Å². The van der Waals surface area contributed by atoms with E-state index in [9.17, 15) is 9.59 Å². The van der Waals surface area contributed by atoms with Crippen LogP contribution < -0.4 is 5.56 Å². The van der Waals surface area contributed by atoms with Crippen LogP contribution in [0, 0.1) is 0 Å². The van der Waals surface area contributed by atoms with Gasteiger partial charge >= 0.3 is 5.97 Å². The van der Waals surface area contributed by atoms with E-state index in [-0.39, 0.29) is 11.1 Å². The van der Waals surface area contributed by atoms with Crippen LogP contribution in [0.2, 0.25) is 0 Å². The smallest absolute Gasteiger partial charge is 0.337 e. The van der Waals surface area contributed by atoms with Gasteiger partial charge in [-0.05, 0) is 25.1 Å². The molecule has 3 heterocycles. The van der Waals surface area contributed by atoms with Crippen LogP contribution in [0.5, 0.6) is 0 Å². The Bertz CT molecular complexity index is 901. The minimum absolute atomic E-state index is 0.0327. The van der Waals surface area contributed by atoms with E-state index in [1.54, 1.807) is 31.5 Å². The Hall–Kier alpha value is -3.29. The molecule has 0 saturated heterocycles. The highest BCUT2D eigenvalue weighted by atomic mass is 16.4. The molecule has 8 nitrogen and oxygen atoms in total. The van der Waals surface area contributed by atoms with E-state index >= 15 is 0 Å². The molecule has 0 aliphatic rings. The van der Waals surface area contributed by atoms with Gasteiger partial charge in [-0.3, -0.25) is 14.9 Å². The largest absolute Gasteiger partial charge is 0.478 e. The van der Waals surface area contributed by atoms with E-state index in [0.717, 1.165) is 5.56 Å². The fourth-order valence-corrected chi connectivity index (χ4v) is 2.16. The van der Waals surface area contributed by atoms with Gasteiger partial charge in [0.15, 0.2) is 5.82 Å². The predicted molar refractivity (Wildman–Crippen MR) is 81.1 cm³/mol. The molecule has 3 aromatic rings. The third-order valence-corrected chi connectivity index (χ3v) is 3.44. The maximum atomic E-state index is 12.0. The van der Waals surface area contributed by atoms with E-state index < -0.39 is 12.0 Å². The van der Waals surface area contributed by atoms with E-state index in [4.69, 9.17) is 5.11 Å². The predicted octanol–water partition coefficient (Wildman–Crippen LogP) is 1.34. The standard InChI is InChI=1S/C15H13N5O3/c1-9(20-8-11(15(22)23)2-3-12(20)21)13-17-14(19-18-13)10-4-6-16-7-5-10/h2-9H,1H3,(H,22,23)(H,17,18,19). The molecule has 1 unspecified atom stereocenters. The lowest BCUT2D eigenvalue weighted by molar-refractivity contribution is 0.0695. The summed E-state index contributed by atoms with van der Waals surface area (Å²) in [6, 6.07) is 5.56. The maximum Gasteiger partial charge on any atom is 0.337 e. The van der Waals surface area contributed by atoms with Gasteiger partial charge in [0.25, 0.3) is 5.56 Å². The zero-order chi connectivity index (χ0) is 16.4. The Morgan fingerprint density at radius 2 is 2.00 bits per heavy atom. The lowest BCUT2D eigenvalue weighted by Crippen LogP contribution is -2.24. The minimum atomic E-state index is -1.10. The summed E-state index contributed by atoms with van der Waals surface area (Å²) >= 11 is 0. The highest BCUT2D eigenvalue weighted by Gasteiger charge is 2.16. The van der Waals surface area contributed by atoms with Crippen LogP contribution >= 0.6 is 0 Å². The number of hydrogen-bond donors (Lipinski definition) is 2. The number of aromatic carboxylic acids is 1. The number of aromatic amines is 1. The van der Waals surface area contributed by atoms with E-state index in [0.29, 0.717) is 11.6 Å². The summed E-state index contributed by atoms with van der Waals surface area (Å²) < 4.78 is 1.31. The second-order valence-corrected chi connectivity index (χ2v) is 4.92. The molecule has 1 atom stereocenters. The summed E-state index contributed by atoms with van der Waals surface area (Å²) in [5.41, 5.74) is 0.510. The molecule has 8 heteroatoms. The molecule has 0 aliphatic carbocycles. The van der Waals surface area contributed by atoms with Crippen molar-refractivity contribution in [3.8, 4) is 11.4 Å². The summed E-state index contributed by atoms with van der Waals surface area (Å²) in [6.07, 6.45) is 4.56. The SMILES string of the molecule is CC(c1nc(-c2ccncc2)n[nH]1)n1cc(C(=O)O)ccc1=O. The van der Waals surface area contributed by atoms with Crippen molar-refractivity contribution in [2.75, 3.05) is 0 Å². The number of nitrogens with one attached hydrogen (secondary N) is 1. The van der Waals surface area contributed by atoms with Crippen molar-refractivity contribution < 1.29 is 9.90 Å². The van der Waals surface area contributed by atoms with Crippen LogP contribution in [0.3, 0.4) is 0 Å². The van der Waals surface area contributed by atoms with Gasteiger partial charge in [-0.1, -0.05) is 0 Å². The first kappa shape index (κ1) is 14.6. The van der Waals surface area contributed by atoms with Crippen LogP contribution in [0.25, 0.3) is 11.4 Å². The topological polar surface area (TPSA) is 114 Å². The molecule has 0 fully saturated rings. The van der Waals surface area contributed by atoms with Gasteiger partial charge in [0, 0.05) is 30.2 Å². The van der Waals surface area contributed by atoms with Crippen molar-refractivity contribution in [3.63, 3.8) is 0 Å². The normalized spacial score (nSPS) is 12.0. The van der Waals surface area contributed by atoms with Crippen LogP contribution in [-0.2, 0) is 0 Å². The fraction of sp³-hybridized carbons (Fsp3) is 0.133. The van der Waals surface area contributed by atoms with Gasteiger partial charge in [-0.15, -0.1) is 0 Å². The van der Waals surface area contributed by atoms with Crippen LogP contribution in [0.15, 0.2) is 47.7 Å². The van der Waals surface area contributed by atoms with Crippen molar-refractivity contribution in [2.45, 2.75) is 13.0 Å². The molecule has 3 rings (SSSR count). The van der Waals surface area contributed by atoms with Gasteiger partial charge in [0.2, 0.25) is 0 Å². The molecule has 0 radical (unpaired) electrons. The first-order chi connectivity index (χ1) is 11.1. The lowest BCUT2D eigenvalue weighted by Gasteiger charge is -2.12. The number of carboxylic acids is 1. The zero-order valence-corrected chi connectivity index (χ0v) is 12.2. The third kappa shape index (κ3) is 2.86. The molecule has 2 N–H and O–H groups in total. The van der Waals surface area contributed by atoms with E-state index in [2.05, 4.69) is 20.2 Å². The quantitative estimate of drug-likeness (QED) is 0.751. The van der Waals surface area contributed by atoms with Gasteiger partial charge < -0.3 is 9.67 Å². The number of carboxylic acid groups (broad SMARTS) is 1. The Morgan fingerprint density at radius 3 is 2.70 bits per heavy atom. The average molecular weight is 311 g/mol. The van der Waals surface area contributed by atoms with E-state index in [1.165, 1.54) is 22.9 Å². The highest BCUT2D eigenvalue weighted by molar-refractivity contribution is 5.87. The minimum Gasteiger partial charge on any atom is -0.478 e. The number of nitrogens with zero attached hydrogens (tertiary/aromatic N) is 4. The third-order valence-electron chi connectivity index (χ3n) is 3.44. The first-order valence-electron chi connectivity index (χ1n) is 6.84. The number of rotatable bonds is 4.